The second kappa shape index (κ2) is 6.29. The summed E-state index contributed by atoms with van der Waals surface area (Å²) in [5.74, 6) is 1.63. The Labute approximate surface area is 148 Å². The molecule has 0 bridgehead atoms. The Hall–Kier alpha value is -2.16. The fraction of sp³-hybridized carbons (Fsp3) is 0.500. The van der Waals surface area contributed by atoms with Crippen molar-refractivity contribution in [2.24, 2.45) is 5.92 Å². The van der Waals surface area contributed by atoms with Gasteiger partial charge in [0, 0.05) is 38.4 Å². The van der Waals surface area contributed by atoms with Crippen LogP contribution in [0.3, 0.4) is 0 Å². The van der Waals surface area contributed by atoms with Gasteiger partial charge in [-0.15, -0.1) is 0 Å². The largest absolute Gasteiger partial charge is 0.378 e. The molecule has 1 unspecified atom stereocenters. The van der Waals surface area contributed by atoms with Gasteiger partial charge in [-0.3, -0.25) is 0 Å². The van der Waals surface area contributed by atoms with Crippen molar-refractivity contribution in [3.8, 4) is 11.9 Å². The minimum atomic E-state index is -0.440. The fourth-order valence-electron chi connectivity index (χ4n) is 3.82. The zero-order valence-electron chi connectivity index (χ0n) is 14.7. The minimum absolute atomic E-state index is 0.223. The van der Waals surface area contributed by atoms with Crippen molar-refractivity contribution >= 4 is 0 Å². The summed E-state index contributed by atoms with van der Waals surface area (Å²) in [6, 6.07) is 8.68. The SMILES string of the molecule is COC1(c2cc(C)cc(-n3ccc(C4CC(C#N)C4)c3)n2)CCOC1. The van der Waals surface area contributed by atoms with Crippen molar-refractivity contribution in [3.05, 3.63) is 47.4 Å². The third-order valence-electron chi connectivity index (χ3n) is 5.57. The Morgan fingerprint density at radius 2 is 2.24 bits per heavy atom. The van der Waals surface area contributed by atoms with Crippen molar-refractivity contribution in [2.45, 2.75) is 37.7 Å². The highest BCUT2D eigenvalue weighted by molar-refractivity contribution is 5.35. The monoisotopic (exact) mass is 337 g/mol. The predicted octanol–water partition coefficient (Wildman–Crippen LogP) is 3.46. The van der Waals surface area contributed by atoms with Gasteiger partial charge in [0.05, 0.1) is 18.4 Å². The maximum absolute atomic E-state index is 8.96. The van der Waals surface area contributed by atoms with Crippen LogP contribution in [-0.4, -0.2) is 29.9 Å². The van der Waals surface area contributed by atoms with E-state index in [9.17, 15) is 0 Å². The highest BCUT2D eigenvalue weighted by atomic mass is 16.5. The van der Waals surface area contributed by atoms with E-state index in [0.717, 1.165) is 36.3 Å². The number of aromatic nitrogens is 2. The molecule has 5 nitrogen and oxygen atoms in total. The molecule has 130 valence electrons. The van der Waals surface area contributed by atoms with Crippen LogP contribution in [0, 0.1) is 24.2 Å². The third-order valence-corrected chi connectivity index (χ3v) is 5.57. The minimum Gasteiger partial charge on any atom is -0.378 e. The van der Waals surface area contributed by atoms with E-state index in [-0.39, 0.29) is 5.92 Å². The van der Waals surface area contributed by atoms with Gasteiger partial charge in [-0.25, -0.2) is 4.98 Å². The Bertz CT molecular complexity index is 809. The van der Waals surface area contributed by atoms with Crippen molar-refractivity contribution < 1.29 is 9.47 Å². The normalized spacial score (nSPS) is 28.5. The summed E-state index contributed by atoms with van der Waals surface area (Å²) in [5, 5.41) is 8.96. The summed E-state index contributed by atoms with van der Waals surface area (Å²) in [6.45, 7) is 3.34. The van der Waals surface area contributed by atoms with Gasteiger partial charge in [0.25, 0.3) is 0 Å². The molecule has 0 radical (unpaired) electrons. The fourth-order valence-corrected chi connectivity index (χ4v) is 3.82. The highest BCUT2D eigenvalue weighted by Gasteiger charge is 2.38. The molecular formula is C20H23N3O2. The number of rotatable bonds is 4. The summed E-state index contributed by atoms with van der Waals surface area (Å²) < 4.78 is 13.4. The van der Waals surface area contributed by atoms with Crippen LogP contribution in [0.1, 0.15) is 42.0 Å². The maximum Gasteiger partial charge on any atom is 0.137 e. The first-order valence-corrected chi connectivity index (χ1v) is 8.83. The van der Waals surface area contributed by atoms with Gasteiger partial charge in [-0.2, -0.15) is 5.26 Å². The van der Waals surface area contributed by atoms with Crippen LogP contribution >= 0.6 is 0 Å². The maximum atomic E-state index is 8.96. The number of pyridine rings is 1. The van der Waals surface area contributed by atoms with Crippen LogP contribution in [0.4, 0.5) is 0 Å². The number of aryl methyl sites for hydroxylation is 1. The number of ether oxygens (including phenoxy) is 2. The Morgan fingerprint density at radius 1 is 1.40 bits per heavy atom. The van der Waals surface area contributed by atoms with Gasteiger partial charge in [-0.1, -0.05) is 0 Å². The molecule has 5 heteroatoms. The third kappa shape index (κ3) is 2.86. The van der Waals surface area contributed by atoms with E-state index in [1.54, 1.807) is 7.11 Å². The molecule has 1 aliphatic carbocycles. The molecule has 1 aliphatic heterocycles. The molecule has 2 aliphatic rings. The van der Waals surface area contributed by atoms with Crippen LogP contribution in [-0.2, 0) is 15.1 Å². The van der Waals surface area contributed by atoms with E-state index in [1.165, 1.54) is 5.56 Å². The lowest BCUT2D eigenvalue weighted by Crippen LogP contribution is -2.30. The molecule has 2 aromatic heterocycles. The summed E-state index contributed by atoms with van der Waals surface area (Å²) in [5.41, 5.74) is 2.95. The second-order valence-corrected chi connectivity index (χ2v) is 7.24. The number of nitrogens with zero attached hydrogens (tertiary/aromatic N) is 3. The lowest BCUT2D eigenvalue weighted by atomic mass is 9.73. The van der Waals surface area contributed by atoms with Gasteiger partial charge >= 0.3 is 0 Å². The smallest absolute Gasteiger partial charge is 0.137 e. The van der Waals surface area contributed by atoms with Crippen molar-refractivity contribution in [2.75, 3.05) is 20.3 Å². The molecule has 2 aromatic rings. The molecule has 1 saturated heterocycles. The van der Waals surface area contributed by atoms with Crippen LogP contribution < -0.4 is 0 Å². The number of hydrogen-bond donors (Lipinski definition) is 0. The Kier molecular flexibility index (Phi) is 4.10. The van der Waals surface area contributed by atoms with E-state index < -0.39 is 5.60 Å². The molecule has 2 fully saturated rings. The summed E-state index contributed by atoms with van der Waals surface area (Å²) >= 11 is 0. The van der Waals surface area contributed by atoms with Crippen molar-refractivity contribution in [1.82, 2.24) is 9.55 Å². The molecule has 0 aromatic carbocycles. The van der Waals surface area contributed by atoms with Gasteiger partial charge in [0.1, 0.15) is 11.4 Å². The average Bonchev–Trinajstić information content (AvgIpc) is 3.24. The van der Waals surface area contributed by atoms with Crippen LogP contribution in [0.15, 0.2) is 30.6 Å². The number of methoxy groups -OCH3 is 1. The van der Waals surface area contributed by atoms with E-state index >= 15 is 0 Å². The summed E-state index contributed by atoms with van der Waals surface area (Å²) in [6.07, 6.45) is 6.97. The number of nitriles is 1. The van der Waals surface area contributed by atoms with Crippen molar-refractivity contribution in [1.29, 1.82) is 5.26 Å². The topological polar surface area (TPSA) is 60.1 Å². The first kappa shape index (κ1) is 16.3. The first-order chi connectivity index (χ1) is 12.1. The van der Waals surface area contributed by atoms with Crippen LogP contribution in [0.2, 0.25) is 0 Å². The standard InChI is InChI=1S/C20H23N3O2/c1-14-7-18(20(24-2)4-6-25-13-20)22-19(8-14)23-5-3-16(12-23)17-9-15(10-17)11-21/h3,5,7-8,12,15,17H,4,6,9-10,13H2,1-2H3. The second-order valence-electron chi connectivity index (χ2n) is 7.24. The zero-order valence-corrected chi connectivity index (χ0v) is 14.7. The van der Waals surface area contributed by atoms with Gasteiger partial charge in [-0.05, 0) is 55.0 Å². The Balaban J connectivity index is 1.63. The van der Waals surface area contributed by atoms with Crippen LogP contribution in [0.25, 0.3) is 5.82 Å². The molecule has 0 spiro atoms. The highest BCUT2D eigenvalue weighted by Crippen LogP contribution is 2.41. The van der Waals surface area contributed by atoms with E-state index in [4.69, 9.17) is 19.7 Å². The van der Waals surface area contributed by atoms with Gasteiger partial charge in [0.2, 0.25) is 0 Å². The molecule has 0 N–H and O–H groups in total. The molecular weight excluding hydrogens is 314 g/mol. The molecule has 3 heterocycles. The van der Waals surface area contributed by atoms with E-state index in [0.29, 0.717) is 19.1 Å². The molecule has 1 atom stereocenters. The lowest BCUT2D eigenvalue weighted by molar-refractivity contribution is -0.0246. The predicted molar refractivity (Wildman–Crippen MR) is 93.5 cm³/mol. The van der Waals surface area contributed by atoms with Gasteiger partial charge in [0.15, 0.2) is 0 Å². The van der Waals surface area contributed by atoms with Crippen molar-refractivity contribution in [3.63, 3.8) is 0 Å². The first-order valence-electron chi connectivity index (χ1n) is 8.83. The molecule has 0 amide bonds. The number of hydrogen-bond acceptors (Lipinski definition) is 4. The quantitative estimate of drug-likeness (QED) is 0.857. The molecule has 25 heavy (non-hydrogen) atoms. The lowest BCUT2D eigenvalue weighted by Gasteiger charge is -2.29. The molecule has 4 rings (SSSR count). The van der Waals surface area contributed by atoms with Gasteiger partial charge < -0.3 is 14.0 Å². The summed E-state index contributed by atoms with van der Waals surface area (Å²) in [4.78, 5) is 4.88. The molecule has 1 saturated carbocycles. The van der Waals surface area contributed by atoms with Crippen LogP contribution in [0.5, 0.6) is 0 Å². The zero-order chi connectivity index (χ0) is 17.4. The average molecular weight is 337 g/mol. The Morgan fingerprint density at radius 3 is 2.92 bits per heavy atom. The van der Waals surface area contributed by atoms with E-state index in [1.807, 2.05) is 0 Å². The van der Waals surface area contributed by atoms with E-state index in [2.05, 4.69) is 48.2 Å². The summed E-state index contributed by atoms with van der Waals surface area (Å²) in [7, 11) is 1.73.